The number of carbonyl (C=O) groups is 1. The Kier molecular flexibility index (Phi) is 5.38. The van der Waals surface area contributed by atoms with Crippen LogP contribution in [-0.2, 0) is 6.54 Å². The molecule has 3 rings (SSSR count). The molecule has 1 heterocycles. The number of nitrogen functional groups attached to an aromatic ring is 1. The molecule has 0 aliphatic carbocycles. The predicted octanol–water partition coefficient (Wildman–Crippen LogP) is 3.32. The standard InChI is InChI=1S/C19H22ClN3O/c20-16-7-4-8-17(21)18(16)19(24)22-15-9-11-23(12-10-15)13-14-5-2-1-3-6-14/h1-8,15H,9-13,21H2,(H,22,24). The van der Waals surface area contributed by atoms with Crippen LogP contribution in [0.2, 0.25) is 5.02 Å². The van der Waals surface area contributed by atoms with Crippen molar-refractivity contribution in [2.24, 2.45) is 0 Å². The number of hydrogen-bond acceptors (Lipinski definition) is 3. The van der Waals surface area contributed by atoms with Crippen LogP contribution >= 0.6 is 11.6 Å². The van der Waals surface area contributed by atoms with Crippen LogP contribution in [0.1, 0.15) is 28.8 Å². The van der Waals surface area contributed by atoms with E-state index < -0.39 is 0 Å². The van der Waals surface area contributed by atoms with E-state index in [1.807, 2.05) is 6.07 Å². The SMILES string of the molecule is Nc1cccc(Cl)c1C(=O)NC1CCN(Cc2ccccc2)CC1. The molecule has 126 valence electrons. The summed E-state index contributed by atoms with van der Waals surface area (Å²) in [4.78, 5) is 14.9. The lowest BCUT2D eigenvalue weighted by Crippen LogP contribution is -2.44. The highest BCUT2D eigenvalue weighted by molar-refractivity contribution is 6.34. The third-order valence-corrected chi connectivity index (χ3v) is 4.76. The highest BCUT2D eigenvalue weighted by atomic mass is 35.5. The molecule has 4 nitrogen and oxygen atoms in total. The summed E-state index contributed by atoms with van der Waals surface area (Å²) in [5.41, 5.74) is 8.00. The van der Waals surface area contributed by atoms with Crippen LogP contribution in [0.25, 0.3) is 0 Å². The Hall–Kier alpha value is -2.04. The number of nitrogens with two attached hydrogens (primary N) is 1. The summed E-state index contributed by atoms with van der Waals surface area (Å²) in [6, 6.07) is 15.8. The zero-order chi connectivity index (χ0) is 16.9. The van der Waals surface area contributed by atoms with E-state index in [0.29, 0.717) is 16.3 Å². The summed E-state index contributed by atoms with van der Waals surface area (Å²) in [7, 11) is 0. The molecule has 0 bridgehead atoms. The Morgan fingerprint density at radius 3 is 2.50 bits per heavy atom. The second-order valence-electron chi connectivity index (χ2n) is 6.21. The lowest BCUT2D eigenvalue weighted by atomic mass is 10.0. The van der Waals surface area contributed by atoms with E-state index >= 15 is 0 Å². The maximum atomic E-state index is 12.4. The number of halogens is 1. The van der Waals surface area contributed by atoms with Gasteiger partial charge < -0.3 is 11.1 Å². The lowest BCUT2D eigenvalue weighted by molar-refractivity contribution is 0.0910. The summed E-state index contributed by atoms with van der Waals surface area (Å²) < 4.78 is 0. The molecule has 1 fully saturated rings. The fourth-order valence-corrected chi connectivity index (χ4v) is 3.38. The number of likely N-dealkylation sites (tertiary alicyclic amines) is 1. The second kappa shape index (κ2) is 7.69. The molecule has 0 aromatic heterocycles. The molecular formula is C19H22ClN3O. The largest absolute Gasteiger partial charge is 0.398 e. The highest BCUT2D eigenvalue weighted by Gasteiger charge is 2.23. The van der Waals surface area contributed by atoms with Crippen molar-refractivity contribution in [1.29, 1.82) is 0 Å². The first-order chi connectivity index (χ1) is 11.6. The van der Waals surface area contributed by atoms with Gasteiger partial charge in [-0.2, -0.15) is 0 Å². The van der Waals surface area contributed by atoms with Gasteiger partial charge in [0.15, 0.2) is 0 Å². The van der Waals surface area contributed by atoms with E-state index in [9.17, 15) is 4.79 Å². The molecule has 24 heavy (non-hydrogen) atoms. The fraction of sp³-hybridized carbons (Fsp3) is 0.316. The first-order valence-electron chi connectivity index (χ1n) is 8.24. The second-order valence-corrected chi connectivity index (χ2v) is 6.62. The van der Waals surface area contributed by atoms with E-state index in [1.165, 1.54) is 5.56 Å². The maximum absolute atomic E-state index is 12.4. The number of nitrogens with one attached hydrogen (secondary N) is 1. The smallest absolute Gasteiger partial charge is 0.255 e. The Bertz CT molecular complexity index is 677. The monoisotopic (exact) mass is 343 g/mol. The number of piperidine rings is 1. The van der Waals surface area contributed by atoms with Crippen LogP contribution in [0, 0.1) is 0 Å². The zero-order valence-corrected chi connectivity index (χ0v) is 14.3. The van der Waals surface area contributed by atoms with Crippen molar-refractivity contribution in [2.75, 3.05) is 18.8 Å². The summed E-state index contributed by atoms with van der Waals surface area (Å²) in [6.45, 7) is 2.90. The Balaban J connectivity index is 1.53. The van der Waals surface area contributed by atoms with Crippen molar-refractivity contribution < 1.29 is 4.79 Å². The number of hydrogen-bond donors (Lipinski definition) is 2. The van der Waals surface area contributed by atoms with Crippen molar-refractivity contribution in [2.45, 2.75) is 25.4 Å². The number of anilines is 1. The Morgan fingerprint density at radius 1 is 1.12 bits per heavy atom. The van der Waals surface area contributed by atoms with Gasteiger partial charge in [-0.25, -0.2) is 0 Å². The third kappa shape index (κ3) is 4.08. The van der Waals surface area contributed by atoms with E-state index in [0.717, 1.165) is 32.5 Å². The first kappa shape index (κ1) is 16.8. The van der Waals surface area contributed by atoms with Gasteiger partial charge in [-0.1, -0.05) is 48.0 Å². The molecule has 1 saturated heterocycles. The minimum Gasteiger partial charge on any atom is -0.398 e. The number of carbonyl (C=O) groups excluding carboxylic acids is 1. The van der Waals surface area contributed by atoms with Gasteiger partial charge in [0.25, 0.3) is 5.91 Å². The van der Waals surface area contributed by atoms with E-state index in [2.05, 4.69) is 34.5 Å². The van der Waals surface area contributed by atoms with E-state index in [-0.39, 0.29) is 11.9 Å². The van der Waals surface area contributed by atoms with Crippen LogP contribution in [0.3, 0.4) is 0 Å². The lowest BCUT2D eigenvalue weighted by Gasteiger charge is -2.32. The van der Waals surface area contributed by atoms with Crippen LogP contribution in [0.5, 0.6) is 0 Å². The zero-order valence-electron chi connectivity index (χ0n) is 13.5. The molecule has 0 unspecified atom stereocenters. The molecule has 0 atom stereocenters. The van der Waals surface area contributed by atoms with Crippen LogP contribution in [0.4, 0.5) is 5.69 Å². The molecule has 0 spiro atoms. The molecule has 0 saturated carbocycles. The molecule has 1 amide bonds. The molecule has 5 heteroatoms. The number of benzene rings is 2. The molecule has 2 aromatic rings. The predicted molar refractivity (Wildman–Crippen MR) is 98.1 cm³/mol. The summed E-state index contributed by atoms with van der Waals surface area (Å²) in [5.74, 6) is -0.181. The van der Waals surface area contributed by atoms with Crippen molar-refractivity contribution in [3.63, 3.8) is 0 Å². The van der Waals surface area contributed by atoms with E-state index in [4.69, 9.17) is 17.3 Å². The van der Waals surface area contributed by atoms with Crippen molar-refractivity contribution in [1.82, 2.24) is 10.2 Å². The van der Waals surface area contributed by atoms with Crippen LogP contribution < -0.4 is 11.1 Å². The summed E-state index contributed by atoms with van der Waals surface area (Å²) in [5, 5.41) is 3.47. The molecule has 1 aliphatic heterocycles. The average molecular weight is 344 g/mol. The molecule has 1 aliphatic rings. The van der Waals surface area contributed by atoms with Gasteiger partial charge in [0.1, 0.15) is 0 Å². The first-order valence-corrected chi connectivity index (χ1v) is 8.62. The Morgan fingerprint density at radius 2 is 1.83 bits per heavy atom. The van der Waals surface area contributed by atoms with Crippen molar-refractivity contribution in [3.8, 4) is 0 Å². The highest BCUT2D eigenvalue weighted by Crippen LogP contribution is 2.22. The quantitative estimate of drug-likeness (QED) is 0.837. The molecule has 3 N–H and O–H groups in total. The molecule has 0 radical (unpaired) electrons. The van der Waals surface area contributed by atoms with Gasteiger partial charge in [0, 0.05) is 31.4 Å². The normalized spacial score (nSPS) is 16.0. The van der Waals surface area contributed by atoms with Crippen molar-refractivity contribution in [3.05, 3.63) is 64.7 Å². The van der Waals surface area contributed by atoms with Gasteiger partial charge in [0.05, 0.1) is 10.6 Å². The van der Waals surface area contributed by atoms with Gasteiger partial charge in [-0.3, -0.25) is 9.69 Å². The number of nitrogens with zero attached hydrogens (tertiary/aromatic N) is 1. The maximum Gasteiger partial charge on any atom is 0.255 e. The minimum absolute atomic E-state index is 0.167. The minimum atomic E-state index is -0.181. The van der Waals surface area contributed by atoms with Crippen molar-refractivity contribution >= 4 is 23.2 Å². The van der Waals surface area contributed by atoms with Gasteiger partial charge >= 0.3 is 0 Å². The summed E-state index contributed by atoms with van der Waals surface area (Å²) in [6.07, 6.45) is 1.87. The topological polar surface area (TPSA) is 58.4 Å². The third-order valence-electron chi connectivity index (χ3n) is 4.44. The number of rotatable bonds is 4. The fourth-order valence-electron chi connectivity index (χ4n) is 3.11. The van der Waals surface area contributed by atoms with Crippen LogP contribution in [0.15, 0.2) is 48.5 Å². The Labute approximate surface area is 147 Å². The molecular weight excluding hydrogens is 322 g/mol. The summed E-state index contributed by atoms with van der Waals surface area (Å²) >= 11 is 6.11. The van der Waals surface area contributed by atoms with Gasteiger partial charge in [0.2, 0.25) is 0 Å². The van der Waals surface area contributed by atoms with E-state index in [1.54, 1.807) is 18.2 Å². The molecule has 2 aromatic carbocycles. The average Bonchev–Trinajstić information content (AvgIpc) is 2.57. The van der Waals surface area contributed by atoms with Gasteiger partial charge in [-0.05, 0) is 30.5 Å². The number of amides is 1. The van der Waals surface area contributed by atoms with Gasteiger partial charge in [-0.15, -0.1) is 0 Å². The van der Waals surface area contributed by atoms with Crippen LogP contribution in [-0.4, -0.2) is 29.9 Å².